The number of carbonyl (C=O) groups is 1. The molecular weight excluding hydrogens is 172 g/mol. The molecule has 0 aliphatic carbocycles. The number of amides is 1. The van der Waals surface area contributed by atoms with E-state index < -0.39 is 0 Å². The largest absolute Gasteiger partial charge is 0.422 e. The number of hydrogen-bond acceptors (Lipinski definition) is 5. The zero-order valence-electron chi connectivity index (χ0n) is 6.99. The Morgan fingerprint density at radius 2 is 2.46 bits per heavy atom. The normalized spacial score (nSPS) is 21.9. The van der Waals surface area contributed by atoms with Crippen LogP contribution in [0.3, 0.4) is 0 Å². The lowest BCUT2D eigenvalue weighted by Gasteiger charge is -2.01. The third kappa shape index (κ3) is 1.52. The highest BCUT2D eigenvalue weighted by molar-refractivity contribution is 5.78. The fourth-order valence-electron chi connectivity index (χ4n) is 1.29. The highest BCUT2D eigenvalue weighted by atomic mass is 16.4. The molecule has 70 valence electrons. The third-order valence-electron chi connectivity index (χ3n) is 1.95. The van der Waals surface area contributed by atoms with Crippen LogP contribution in [0.5, 0.6) is 0 Å². The van der Waals surface area contributed by atoms with E-state index in [1.807, 2.05) is 0 Å². The molecule has 3 N–H and O–H groups in total. The van der Waals surface area contributed by atoms with Crippen LogP contribution >= 0.6 is 0 Å². The highest BCUT2D eigenvalue weighted by Gasteiger charge is 2.26. The zero-order chi connectivity index (χ0) is 9.26. The van der Waals surface area contributed by atoms with Crippen molar-refractivity contribution in [2.24, 2.45) is 5.73 Å². The van der Waals surface area contributed by atoms with E-state index in [-0.39, 0.29) is 18.5 Å². The SMILES string of the molecule is NCc1nnc(C2CCC(=O)N2)o1. The van der Waals surface area contributed by atoms with Gasteiger partial charge in [-0.15, -0.1) is 10.2 Å². The maximum Gasteiger partial charge on any atom is 0.238 e. The minimum Gasteiger partial charge on any atom is -0.422 e. The monoisotopic (exact) mass is 182 g/mol. The van der Waals surface area contributed by atoms with Gasteiger partial charge in [-0.25, -0.2) is 0 Å². The molecule has 0 bridgehead atoms. The first kappa shape index (κ1) is 8.18. The van der Waals surface area contributed by atoms with Crippen LogP contribution in [0.4, 0.5) is 0 Å². The second-order valence-electron chi connectivity index (χ2n) is 2.90. The van der Waals surface area contributed by atoms with Gasteiger partial charge in [0.1, 0.15) is 6.04 Å². The first-order chi connectivity index (χ1) is 6.29. The smallest absolute Gasteiger partial charge is 0.238 e. The Morgan fingerprint density at radius 1 is 1.62 bits per heavy atom. The maximum absolute atomic E-state index is 10.9. The Hall–Kier alpha value is -1.43. The lowest BCUT2D eigenvalue weighted by Crippen LogP contribution is -2.18. The molecule has 1 aliphatic heterocycles. The highest BCUT2D eigenvalue weighted by Crippen LogP contribution is 2.21. The molecule has 0 spiro atoms. The van der Waals surface area contributed by atoms with Crippen molar-refractivity contribution in [2.75, 3.05) is 0 Å². The van der Waals surface area contributed by atoms with Crippen molar-refractivity contribution >= 4 is 5.91 Å². The summed E-state index contributed by atoms with van der Waals surface area (Å²) in [6.45, 7) is 0.230. The summed E-state index contributed by atoms with van der Waals surface area (Å²) in [5.74, 6) is 0.875. The van der Waals surface area contributed by atoms with E-state index >= 15 is 0 Å². The van der Waals surface area contributed by atoms with Crippen LogP contribution in [-0.2, 0) is 11.3 Å². The van der Waals surface area contributed by atoms with Crippen molar-refractivity contribution in [1.82, 2.24) is 15.5 Å². The van der Waals surface area contributed by atoms with Crippen LogP contribution in [-0.4, -0.2) is 16.1 Å². The van der Waals surface area contributed by atoms with Gasteiger partial charge in [0.25, 0.3) is 0 Å². The molecule has 1 unspecified atom stereocenters. The summed E-state index contributed by atoms with van der Waals surface area (Å²) in [4.78, 5) is 10.9. The van der Waals surface area contributed by atoms with Gasteiger partial charge in [-0.2, -0.15) is 0 Å². The minimum atomic E-state index is -0.125. The maximum atomic E-state index is 10.9. The number of aromatic nitrogens is 2. The van der Waals surface area contributed by atoms with Crippen LogP contribution in [0.25, 0.3) is 0 Å². The van der Waals surface area contributed by atoms with E-state index in [2.05, 4.69) is 15.5 Å². The Morgan fingerprint density at radius 3 is 3.00 bits per heavy atom. The van der Waals surface area contributed by atoms with Gasteiger partial charge in [0.15, 0.2) is 0 Å². The first-order valence-corrected chi connectivity index (χ1v) is 4.11. The van der Waals surface area contributed by atoms with Crippen LogP contribution < -0.4 is 11.1 Å². The number of nitrogens with one attached hydrogen (secondary N) is 1. The van der Waals surface area contributed by atoms with Gasteiger partial charge in [-0.05, 0) is 6.42 Å². The summed E-state index contributed by atoms with van der Waals surface area (Å²) >= 11 is 0. The van der Waals surface area contributed by atoms with Crippen molar-refractivity contribution < 1.29 is 9.21 Å². The standard InChI is InChI=1S/C7H10N4O2/c8-3-6-10-11-7(13-6)4-1-2-5(12)9-4/h4H,1-3,8H2,(H,9,12). The second kappa shape index (κ2) is 3.14. The van der Waals surface area contributed by atoms with Gasteiger partial charge in [0, 0.05) is 6.42 Å². The lowest BCUT2D eigenvalue weighted by molar-refractivity contribution is -0.119. The van der Waals surface area contributed by atoms with Gasteiger partial charge >= 0.3 is 0 Å². The molecule has 13 heavy (non-hydrogen) atoms. The molecule has 1 amide bonds. The van der Waals surface area contributed by atoms with Crippen molar-refractivity contribution in [2.45, 2.75) is 25.4 Å². The molecule has 6 nitrogen and oxygen atoms in total. The molecule has 1 aliphatic rings. The van der Waals surface area contributed by atoms with Gasteiger partial charge in [-0.1, -0.05) is 0 Å². The van der Waals surface area contributed by atoms with E-state index in [0.29, 0.717) is 24.6 Å². The summed E-state index contributed by atoms with van der Waals surface area (Å²) in [5, 5.41) is 10.2. The molecule has 1 aromatic rings. The Bertz CT molecular complexity index is 322. The number of nitrogens with zero attached hydrogens (tertiary/aromatic N) is 2. The Balaban J connectivity index is 2.12. The zero-order valence-corrected chi connectivity index (χ0v) is 6.99. The lowest BCUT2D eigenvalue weighted by atomic mass is 10.2. The van der Waals surface area contributed by atoms with E-state index in [9.17, 15) is 4.79 Å². The van der Waals surface area contributed by atoms with Gasteiger partial charge < -0.3 is 15.5 Å². The van der Waals surface area contributed by atoms with E-state index in [1.54, 1.807) is 0 Å². The summed E-state index contributed by atoms with van der Waals surface area (Å²) in [6, 6.07) is -0.125. The van der Waals surface area contributed by atoms with Gasteiger partial charge in [0.2, 0.25) is 17.7 Å². The summed E-state index contributed by atoms with van der Waals surface area (Å²) in [7, 11) is 0. The van der Waals surface area contributed by atoms with Gasteiger partial charge in [-0.3, -0.25) is 4.79 Å². The van der Waals surface area contributed by atoms with E-state index in [0.717, 1.165) is 0 Å². The minimum absolute atomic E-state index is 0.0255. The number of rotatable bonds is 2. The number of hydrogen-bond donors (Lipinski definition) is 2. The fourth-order valence-corrected chi connectivity index (χ4v) is 1.29. The molecule has 1 saturated heterocycles. The second-order valence-corrected chi connectivity index (χ2v) is 2.90. The Kier molecular flexibility index (Phi) is 1.97. The van der Waals surface area contributed by atoms with Crippen molar-refractivity contribution in [3.8, 4) is 0 Å². The number of nitrogens with two attached hydrogens (primary N) is 1. The molecule has 0 radical (unpaired) electrons. The molecule has 1 fully saturated rings. The average Bonchev–Trinajstić information content (AvgIpc) is 2.71. The summed E-state index contributed by atoms with van der Waals surface area (Å²) < 4.78 is 5.20. The van der Waals surface area contributed by atoms with Crippen molar-refractivity contribution in [1.29, 1.82) is 0 Å². The molecule has 1 aromatic heterocycles. The summed E-state index contributed by atoms with van der Waals surface area (Å²) in [6.07, 6.45) is 1.23. The predicted octanol–water partition coefficient (Wildman–Crippen LogP) is -0.521. The van der Waals surface area contributed by atoms with E-state index in [4.69, 9.17) is 10.2 Å². The molecule has 6 heteroatoms. The van der Waals surface area contributed by atoms with Crippen LogP contribution in [0.15, 0.2) is 4.42 Å². The van der Waals surface area contributed by atoms with Crippen molar-refractivity contribution in [3.63, 3.8) is 0 Å². The summed E-state index contributed by atoms with van der Waals surface area (Å²) in [5.41, 5.74) is 5.31. The van der Waals surface area contributed by atoms with E-state index in [1.165, 1.54) is 0 Å². The predicted molar refractivity (Wildman–Crippen MR) is 42.3 cm³/mol. The van der Waals surface area contributed by atoms with Crippen LogP contribution in [0.2, 0.25) is 0 Å². The van der Waals surface area contributed by atoms with Crippen molar-refractivity contribution in [3.05, 3.63) is 11.8 Å². The number of carbonyl (C=O) groups excluding carboxylic acids is 1. The third-order valence-corrected chi connectivity index (χ3v) is 1.95. The van der Waals surface area contributed by atoms with Crippen LogP contribution in [0.1, 0.15) is 30.7 Å². The molecule has 0 aromatic carbocycles. The Labute approximate surface area is 74.5 Å². The molecule has 0 saturated carbocycles. The quantitative estimate of drug-likeness (QED) is 0.641. The average molecular weight is 182 g/mol. The van der Waals surface area contributed by atoms with Gasteiger partial charge in [0.05, 0.1) is 6.54 Å². The molecule has 2 heterocycles. The molecule has 2 rings (SSSR count). The first-order valence-electron chi connectivity index (χ1n) is 4.11. The topological polar surface area (TPSA) is 94.0 Å². The fraction of sp³-hybridized carbons (Fsp3) is 0.571. The van der Waals surface area contributed by atoms with Crippen LogP contribution in [0, 0.1) is 0 Å². The molecule has 1 atom stereocenters. The molecular formula is C7H10N4O2.